The molecule has 0 aliphatic heterocycles. The fourth-order valence-corrected chi connectivity index (χ4v) is 4.01. The van der Waals surface area contributed by atoms with Crippen LogP contribution < -0.4 is 0 Å². The first-order chi connectivity index (χ1) is 14.2. The molecule has 0 radical (unpaired) electrons. The number of hydrogen-bond donors (Lipinski definition) is 1. The summed E-state index contributed by atoms with van der Waals surface area (Å²) in [6.07, 6.45) is 0.840. The lowest BCUT2D eigenvalue weighted by molar-refractivity contribution is -0.137. The quantitative estimate of drug-likeness (QED) is 0.414. The largest absolute Gasteiger partial charge is 0.481 e. The number of aliphatic carboxylic acids is 1. The lowest BCUT2D eigenvalue weighted by atomic mass is 10.0. The second kappa shape index (κ2) is 8.89. The Kier molecular flexibility index (Phi) is 5.87. The Balaban J connectivity index is 1.63. The van der Waals surface area contributed by atoms with E-state index in [1.165, 1.54) is 32.7 Å². The summed E-state index contributed by atoms with van der Waals surface area (Å²) >= 11 is 0. The minimum atomic E-state index is -0.736. The molecule has 0 heterocycles. The van der Waals surface area contributed by atoms with Gasteiger partial charge in [-0.1, -0.05) is 84.9 Å². The average molecular weight is 383 g/mol. The number of fused-ring (bicyclic) bond motifs is 2. The molecule has 0 unspecified atom stereocenters. The molecule has 4 aromatic rings. The lowest BCUT2D eigenvalue weighted by Gasteiger charge is -2.24. The highest BCUT2D eigenvalue weighted by Gasteiger charge is 2.12. The zero-order valence-electron chi connectivity index (χ0n) is 16.4. The zero-order valence-corrected chi connectivity index (χ0v) is 16.4. The smallest absolute Gasteiger partial charge is 0.303 e. The Labute approximate surface area is 171 Å². The second-order valence-corrected chi connectivity index (χ2v) is 7.48. The summed E-state index contributed by atoms with van der Waals surface area (Å²) in [7, 11) is 0. The van der Waals surface area contributed by atoms with E-state index in [-0.39, 0.29) is 6.42 Å². The normalized spacial score (nSPS) is 11.3. The van der Waals surface area contributed by atoms with E-state index in [1.54, 1.807) is 0 Å². The Morgan fingerprint density at radius 2 is 1.17 bits per heavy atom. The number of benzene rings is 4. The van der Waals surface area contributed by atoms with Gasteiger partial charge in [0.2, 0.25) is 0 Å². The fraction of sp³-hybridized carbons (Fsp3) is 0.192. The molecule has 1 N–H and O–H groups in total. The van der Waals surface area contributed by atoms with E-state index in [0.717, 1.165) is 19.6 Å². The maximum Gasteiger partial charge on any atom is 0.303 e. The second-order valence-electron chi connectivity index (χ2n) is 7.48. The molecular formula is C26H25NO2. The van der Waals surface area contributed by atoms with Crippen LogP contribution in [0.1, 0.15) is 24.0 Å². The van der Waals surface area contributed by atoms with Crippen molar-refractivity contribution in [1.82, 2.24) is 4.90 Å². The van der Waals surface area contributed by atoms with E-state index in [1.807, 2.05) is 0 Å². The summed E-state index contributed by atoms with van der Waals surface area (Å²) in [5.74, 6) is -0.736. The van der Waals surface area contributed by atoms with Crippen LogP contribution in [0.2, 0.25) is 0 Å². The number of carboxylic acid groups (broad SMARTS) is 1. The molecule has 4 rings (SSSR count). The maximum absolute atomic E-state index is 11.0. The molecule has 0 aliphatic carbocycles. The number of hydrogen-bond acceptors (Lipinski definition) is 2. The van der Waals surface area contributed by atoms with Gasteiger partial charge < -0.3 is 5.11 Å². The first kappa shape index (κ1) is 19.2. The van der Waals surface area contributed by atoms with Gasteiger partial charge in [0.15, 0.2) is 0 Å². The maximum atomic E-state index is 11.0. The van der Waals surface area contributed by atoms with E-state index >= 15 is 0 Å². The van der Waals surface area contributed by atoms with Gasteiger partial charge in [-0.2, -0.15) is 0 Å². The molecule has 0 spiro atoms. The van der Waals surface area contributed by atoms with E-state index in [0.29, 0.717) is 6.42 Å². The first-order valence-electron chi connectivity index (χ1n) is 10.1. The molecule has 0 bridgehead atoms. The van der Waals surface area contributed by atoms with Gasteiger partial charge in [0.05, 0.1) is 0 Å². The van der Waals surface area contributed by atoms with Crippen molar-refractivity contribution in [2.24, 2.45) is 0 Å². The van der Waals surface area contributed by atoms with Crippen molar-refractivity contribution in [3.8, 4) is 0 Å². The fourth-order valence-electron chi connectivity index (χ4n) is 4.01. The van der Waals surface area contributed by atoms with Crippen LogP contribution in [0.25, 0.3) is 21.5 Å². The van der Waals surface area contributed by atoms with Crippen molar-refractivity contribution < 1.29 is 9.90 Å². The molecule has 0 fully saturated rings. The van der Waals surface area contributed by atoms with Gasteiger partial charge in [0, 0.05) is 19.5 Å². The average Bonchev–Trinajstić information content (AvgIpc) is 2.74. The highest BCUT2D eigenvalue weighted by Crippen LogP contribution is 2.24. The molecule has 0 amide bonds. The van der Waals surface area contributed by atoms with Crippen LogP contribution in [0.3, 0.4) is 0 Å². The number of carboxylic acids is 1. The van der Waals surface area contributed by atoms with Crippen LogP contribution in [0.5, 0.6) is 0 Å². The molecule has 0 aliphatic rings. The molecule has 3 nitrogen and oxygen atoms in total. The molecular weight excluding hydrogens is 358 g/mol. The van der Waals surface area contributed by atoms with Gasteiger partial charge in [-0.25, -0.2) is 0 Å². The van der Waals surface area contributed by atoms with Crippen LogP contribution in [-0.4, -0.2) is 22.5 Å². The SMILES string of the molecule is O=C(O)CCCN(Cc1cccc2ccccc12)Cc1cccc2ccccc12. The van der Waals surface area contributed by atoms with Crippen molar-refractivity contribution >= 4 is 27.5 Å². The van der Waals surface area contributed by atoms with Crippen LogP contribution in [0.4, 0.5) is 0 Å². The molecule has 4 aromatic carbocycles. The van der Waals surface area contributed by atoms with Gasteiger partial charge in [-0.05, 0) is 45.6 Å². The molecule has 0 saturated carbocycles. The van der Waals surface area contributed by atoms with E-state index < -0.39 is 5.97 Å². The van der Waals surface area contributed by atoms with Crippen LogP contribution in [-0.2, 0) is 17.9 Å². The molecule has 0 saturated heterocycles. The topological polar surface area (TPSA) is 40.5 Å². The molecule has 0 atom stereocenters. The summed E-state index contributed by atoms with van der Waals surface area (Å²) in [5.41, 5.74) is 2.55. The van der Waals surface area contributed by atoms with Crippen molar-refractivity contribution in [3.05, 3.63) is 96.1 Å². The summed E-state index contributed by atoms with van der Waals surface area (Å²) in [6.45, 7) is 2.34. The highest BCUT2D eigenvalue weighted by atomic mass is 16.4. The first-order valence-corrected chi connectivity index (χ1v) is 10.1. The third-order valence-electron chi connectivity index (χ3n) is 5.41. The Morgan fingerprint density at radius 1 is 0.690 bits per heavy atom. The standard InChI is InChI=1S/C26H25NO2/c28-26(29)16-7-17-27(18-22-12-5-10-20-8-1-3-14-24(20)22)19-23-13-6-11-21-9-2-4-15-25(21)23/h1-6,8-15H,7,16-19H2,(H,28,29). The molecule has 3 heteroatoms. The van der Waals surface area contributed by atoms with Crippen molar-refractivity contribution in [2.75, 3.05) is 6.54 Å². The number of nitrogens with zero attached hydrogens (tertiary/aromatic N) is 1. The van der Waals surface area contributed by atoms with Crippen LogP contribution in [0.15, 0.2) is 84.9 Å². The Morgan fingerprint density at radius 3 is 1.69 bits per heavy atom. The number of rotatable bonds is 8. The predicted octanol–water partition coefficient (Wildman–Crippen LogP) is 5.86. The summed E-state index contributed by atoms with van der Waals surface area (Å²) in [4.78, 5) is 13.4. The minimum Gasteiger partial charge on any atom is -0.481 e. The summed E-state index contributed by atoms with van der Waals surface area (Å²) < 4.78 is 0. The van der Waals surface area contributed by atoms with Crippen LogP contribution in [0, 0.1) is 0 Å². The van der Waals surface area contributed by atoms with Gasteiger partial charge in [-0.15, -0.1) is 0 Å². The van der Waals surface area contributed by atoms with Gasteiger partial charge >= 0.3 is 5.97 Å². The highest BCUT2D eigenvalue weighted by molar-refractivity contribution is 5.86. The van der Waals surface area contributed by atoms with E-state index in [9.17, 15) is 4.79 Å². The van der Waals surface area contributed by atoms with E-state index in [2.05, 4.69) is 89.8 Å². The summed E-state index contributed by atoms with van der Waals surface area (Å²) in [5, 5.41) is 14.1. The van der Waals surface area contributed by atoms with Crippen molar-refractivity contribution in [2.45, 2.75) is 25.9 Å². The Hall–Kier alpha value is -3.17. The van der Waals surface area contributed by atoms with Gasteiger partial charge in [0.1, 0.15) is 0 Å². The zero-order chi connectivity index (χ0) is 20.1. The van der Waals surface area contributed by atoms with Crippen molar-refractivity contribution in [3.63, 3.8) is 0 Å². The van der Waals surface area contributed by atoms with Crippen molar-refractivity contribution in [1.29, 1.82) is 0 Å². The molecule has 0 aromatic heterocycles. The molecule has 146 valence electrons. The summed E-state index contributed by atoms with van der Waals surface area (Å²) in [6, 6.07) is 29.7. The van der Waals surface area contributed by atoms with Gasteiger partial charge in [-0.3, -0.25) is 9.69 Å². The predicted molar refractivity (Wildman–Crippen MR) is 119 cm³/mol. The third kappa shape index (κ3) is 4.64. The number of carbonyl (C=O) groups is 1. The van der Waals surface area contributed by atoms with Crippen LogP contribution >= 0.6 is 0 Å². The lowest BCUT2D eigenvalue weighted by Crippen LogP contribution is -2.25. The Bertz CT molecular complexity index is 1040. The monoisotopic (exact) mass is 383 g/mol. The third-order valence-corrected chi connectivity index (χ3v) is 5.41. The van der Waals surface area contributed by atoms with Gasteiger partial charge in [0.25, 0.3) is 0 Å². The minimum absolute atomic E-state index is 0.196. The molecule has 29 heavy (non-hydrogen) atoms. The van der Waals surface area contributed by atoms with E-state index in [4.69, 9.17) is 5.11 Å².